The Labute approximate surface area is 166 Å². The van der Waals surface area contributed by atoms with Crippen molar-refractivity contribution in [1.29, 1.82) is 0 Å². The zero-order valence-electron chi connectivity index (χ0n) is 14.6. The number of amidine groups is 1. The Hall–Kier alpha value is -2.51. The number of hydrogen-bond donors (Lipinski definition) is 1. The van der Waals surface area contributed by atoms with Gasteiger partial charge in [-0.25, -0.2) is 4.99 Å². The van der Waals surface area contributed by atoms with E-state index >= 15 is 0 Å². The molecule has 1 aliphatic heterocycles. The van der Waals surface area contributed by atoms with Crippen molar-refractivity contribution in [1.82, 2.24) is 4.90 Å². The lowest BCUT2D eigenvalue weighted by Gasteiger charge is -2.31. The molecule has 1 unspecified atom stereocenters. The largest absolute Gasteiger partial charge is 0.497 e. The van der Waals surface area contributed by atoms with E-state index < -0.39 is 11.2 Å². The lowest BCUT2D eigenvalue weighted by molar-refractivity contribution is -0.130. The molecule has 0 radical (unpaired) electrons. The number of amides is 2. The topological polar surface area (TPSA) is 85.0 Å². The van der Waals surface area contributed by atoms with Crippen LogP contribution in [0.1, 0.15) is 12.0 Å². The number of rotatable bonds is 5. The first-order chi connectivity index (χ1) is 13.0. The number of ether oxygens (including phenoxy) is 1. The van der Waals surface area contributed by atoms with Crippen LogP contribution in [0.4, 0.5) is 5.69 Å². The number of primary amides is 1. The number of benzene rings is 2. The molecule has 6 nitrogen and oxygen atoms in total. The molecule has 3 rings (SSSR count). The summed E-state index contributed by atoms with van der Waals surface area (Å²) in [6.07, 6.45) is 0.0514. The van der Waals surface area contributed by atoms with Crippen molar-refractivity contribution in [3.05, 3.63) is 59.1 Å². The lowest BCUT2D eigenvalue weighted by Crippen LogP contribution is -2.45. The van der Waals surface area contributed by atoms with Crippen LogP contribution < -0.4 is 10.5 Å². The van der Waals surface area contributed by atoms with Crippen LogP contribution in [-0.4, -0.2) is 34.2 Å². The molecule has 27 heavy (non-hydrogen) atoms. The van der Waals surface area contributed by atoms with Crippen LogP contribution in [0.25, 0.3) is 0 Å². The molecule has 1 aliphatic rings. The van der Waals surface area contributed by atoms with Crippen molar-refractivity contribution in [2.24, 2.45) is 10.7 Å². The zero-order valence-corrected chi connectivity index (χ0v) is 16.2. The summed E-state index contributed by atoms with van der Waals surface area (Å²) in [6.45, 7) is 0.341. The molecule has 1 saturated heterocycles. The molecule has 140 valence electrons. The molecule has 0 saturated carbocycles. The highest BCUT2D eigenvalue weighted by molar-refractivity contribution is 8.15. The van der Waals surface area contributed by atoms with Gasteiger partial charge < -0.3 is 10.5 Å². The number of nitrogens with zero attached hydrogens (tertiary/aromatic N) is 2. The maximum atomic E-state index is 12.7. The van der Waals surface area contributed by atoms with Gasteiger partial charge in [0.2, 0.25) is 11.8 Å². The third-order valence-electron chi connectivity index (χ3n) is 4.01. The van der Waals surface area contributed by atoms with E-state index in [0.717, 1.165) is 11.3 Å². The Kier molecular flexibility index (Phi) is 6.03. The minimum Gasteiger partial charge on any atom is -0.497 e. The maximum absolute atomic E-state index is 12.7. The van der Waals surface area contributed by atoms with E-state index in [9.17, 15) is 9.59 Å². The zero-order chi connectivity index (χ0) is 19.4. The molecule has 8 heteroatoms. The van der Waals surface area contributed by atoms with Gasteiger partial charge in [-0.1, -0.05) is 35.5 Å². The number of nitrogens with two attached hydrogens (primary N) is 1. The summed E-state index contributed by atoms with van der Waals surface area (Å²) in [7, 11) is 1.60. The summed E-state index contributed by atoms with van der Waals surface area (Å²) < 4.78 is 5.16. The van der Waals surface area contributed by atoms with Gasteiger partial charge in [0, 0.05) is 11.4 Å². The van der Waals surface area contributed by atoms with Crippen LogP contribution >= 0.6 is 23.4 Å². The first-order valence-corrected chi connectivity index (χ1v) is 9.45. The van der Waals surface area contributed by atoms with Crippen LogP contribution in [0.2, 0.25) is 5.02 Å². The van der Waals surface area contributed by atoms with E-state index in [4.69, 9.17) is 22.1 Å². The predicted octanol–water partition coefficient (Wildman–Crippen LogP) is 3.36. The van der Waals surface area contributed by atoms with Gasteiger partial charge in [0.1, 0.15) is 5.75 Å². The molecular formula is C19H18ClN3O3S. The molecule has 1 atom stereocenters. The summed E-state index contributed by atoms with van der Waals surface area (Å²) >= 11 is 7.11. The summed E-state index contributed by atoms with van der Waals surface area (Å²) in [4.78, 5) is 30.4. The first-order valence-electron chi connectivity index (χ1n) is 8.20. The van der Waals surface area contributed by atoms with Gasteiger partial charge in [-0.3, -0.25) is 14.5 Å². The van der Waals surface area contributed by atoms with E-state index in [-0.39, 0.29) is 12.3 Å². The number of methoxy groups -OCH3 is 1. The average molecular weight is 404 g/mol. The van der Waals surface area contributed by atoms with Crippen molar-refractivity contribution in [3.63, 3.8) is 0 Å². The number of halogens is 1. The molecular weight excluding hydrogens is 386 g/mol. The lowest BCUT2D eigenvalue weighted by atomic mass is 10.2. The van der Waals surface area contributed by atoms with Crippen LogP contribution in [-0.2, 0) is 16.1 Å². The normalized spacial score (nSPS) is 18.6. The highest BCUT2D eigenvalue weighted by Crippen LogP contribution is 2.30. The Morgan fingerprint density at radius 2 is 1.93 bits per heavy atom. The molecule has 2 aromatic carbocycles. The monoisotopic (exact) mass is 403 g/mol. The molecule has 2 N–H and O–H groups in total. The molecule has 0 aliphatic carbocycles. The average Bonchev–Trinajstić information content (AvgIpc) is 2.66. The second-order valence-corrected chi connectivity index (χ2v) is 7.52. The van der Waals surface area contributed by atoms with E-state index in [1.807, 2.05) is 24.3 Å². The fourth-order valence-corrected chi connectivity index (χ4v) is 3.72. The summed E-state index contributed by atoms with van der Waals surface area (Å²) in [5.74, 6) is 0.0179. The number of carbonyl (C=O) groups is 2. The van der Waals surface area contributed by atoms with Crippen molar-refractivity contribution in [3.8, 4) is 5.75 Å². The van der Waals surface area contributed by atoms with E-state index in [2.05, 4.69) is 4.99 Å². The number of aliphatic imine (C=N–C) groups is 1. The van der Waals surface area contributed by atoms with Crippen molar-refractivity contribution < 1.29 is 14.3 Å². The van der Waals surface area contributed by atoms with Crippen LogP contribution in [0.5, 0.6) is 5.75 Å². The van der Waals surface area contributed by atoms with Gasteiger partial charge in [-0.05, 0) is 42.0 Å². The Morgan fingerprint density at radius 1 is 1.26 bits per heavy atom. The minimum atomic E-state index is -0.629. The third-order valence-corrected chi connectivity index (χ3v) is 5.47. The Morgan fingerprint density at radius 3 is 2.52 bits per heavy atom. The van der Waals surface area contributed by atoms with E-state index in [0.29, 0.717) is 22.4 Å². The van der Waals surface area contributed by atoms with Crippen molar-refractivity contribution in [2.45, 2.75) is 18.2 Å². The molecule has 0 aromatic heterocycles. The Balaban J connectivity index is 1.90. The first kappa shape index (κ1) is 19.3. The number of carbonyl (C=O) groups excluding carboxylic acids is 2. The maximum Gasteiger partial charge on any atom is 0.231 e. The number of hydrogen-bond acceptors (Lipinski definition) is 5. The molecule has 0 bridgehead atoms. The standard InChI is InChI=1S/C19H18ClN3O3S/c1-26-15-8-2-12(3-9-15)11-23-17(24)10-16(18(21)25)27-19(23)22-14-6-4-13(20)5-7-14/h2-9,16H,10-11H2,1H3,(H2,21,25). The second kappa shape index (κ2) is 8.45. The smallest absolute Gasteiger partial charge is 0.231 e. The van der Waals surface area contributed by atoms with Crippen molar-refractivity contribution in [2.75, 3.05) is 7.11 Å². The Bertz CT molecular complexity index is 869. The van der Waals surface area contributed by atoms with E-state index in [1.165, 1.54) is 11.8 Å². The van der Waals surface area contributed by atoms with Gasteiger partial charge in [-0.2, -0.15) is 0 Å². The predicted molar refractivity (Wildman–Crippen MR) is 107 cm³/mol. The highest BCUT2D eigenvalue weighted by Gasteiger charge is 2.34. The fourth-order valence-electron chi connectivity index (χ4n) is 2.55. The van der Waals surface area contributed by atoms with Gasteiger partial charge in [0.25, 0.3) is 0 Å². The SMILES string of the molecule is COc1ccc(CN2C(=O)CC(C(N)=O)SC2=Nc2ccc(Cl)cc2)cc1. The van der Waals surface area contributed by atoms with Gasteiger partial charge in [0.05, 0.1) is 24.6 Å². The molecule has 1 heterocycles. The van der Waals surface area contributed by atoms with Gasteiger partial charge in [0.15, 0.2) is 5.17 Å². The quantitative estimate of drug-likeness (QED) is 0.829. The summed E-state index contributed by atoms with van der Waals surface area (Å²) in [6, 6.07) is 14.4. The second-order valence-electron chi connectivity index (χ2n) is 5.91. The molecule has 0 spiro atoms. The molecule has 2 aromatic rings. The summed E-state index contributed by atoms with van der Waals surface area (Å²) in [5.41, 5.74) is 6.98. The van der Waals surface area contributed by atoms with Crippen LogP contribution in [0.3, 0.4) is 0 Å². The van der Waals surface area contributed by atoms with Gasteiger partial charge >= 0.3 is 0 Å². The molecule has 2 amide bonds. The fraction of sp³-hybridized carbons (Fsp3) is 0.211. The summed E-state index contributed by atoms with van der Waals surface area (Å²) in [5, 5.41) is 0.403. The van der Waals surface area contributed by atoms with Gasteiger partial charge in [-0.15, -0.1) is 0 Å². The van der Waals surface area contributed by atoms with E-state index in [1.54, 1.807) is 36.3 Å². The van der Waals surface area contributed by atoms with Crippen LogP contribution in [0.15, 0.2) is 53.5 Å². The van der Waals surface area contributed by atoms with Crippen molar-refractivity contribution >= 4 is 46.0 Å². The minimum absolute atomic E-state index is 0.0514. The molecule has 1 fully saturated rings. The highest BCUT2D eigenvalue weighted by atomic mass is 35.5. The number of thioether (sulfide) groups is 1. The van der Waals surface area contributed by atoms with Crippen LogP contribution in [0, 0.1) is 0 Å². The third kappa shape index (κ3) is 4.81.